The minimum atomic E-state index is 1.06. The van der Waals surface area contributed by atoms with Gasteiger partial charge >= 0.3 is 0 Å². The molecule has 2 aliphatic rings. The number of fused-ring (bicyclic) bond motifs is 1. The zero-order chi connectivity index (χ0) is 23.8. The van der Waals surface area contributed by atoms with E-state index in [4.69, 9.17) is 0 Å². The van der Waals surface area contributed by atoms with Crippen LogP contribution in [0.3, 0.4) is 0 Å². The van der Waals surface area contributed by atoms with Gasteiger partial charge in [0.25, 0.3) is 0 Å². The first kappa shape index (κ1) is 21.7. The van der Waals surface area contributed by atoms with Gasteiger partial charge < -0.3 is 4.90 Å². The lowest BCUT2D eigenvalue weighted by atomic mass is 9.86. The minimum absolute atomic E-state index is 1.06. The summed E-state index contributed by atoms with van der Waals surface area (Å²) in [5, 5.41) is 0. The van der Waals surface area contributed by atoms with Crippen molar-refractivity contribution in [1.29, 1.82) is 0 Å². The number of nitrogens with zero attached hydrogens (tertiary/aromatic N) is 1. The van der Waals surface area contributed by atoms with E-state index < -0.39 is 0 Å². The summed E-state index contributed by atoms with van der Waals surface area (Å²) in [5.74, 6) is 0. The van der Waals surface area contributed by atoms with Gasteiger partial charge in [-0.1, -0.05) is 84.4 Å². The Bertz CT molecular complexity index is 1450. The summed E-state index contributed by atoms with van der Waals surface area (Å²) in [5.41, 5.74) is 14.7. The maximum Gasteiger partial charge on any atom is 0.0411 e. The Morgan fingerprint density at radius 2 is 1.29 bits per heavy atom. The van der Waals surface area contributed by atoms with E-state index >= 15 is 0 Å². The summed E-state index contributed by atoms with van der Waals surface area (Å²) in [7, 11) is 2.20. The second-order valence-corrected chi connectivity index (χ2v) is 9.87. The van der Waals surface area contributed by atoms with Crippen LogP contribution in [-0.2, 0) is 12.8 Å². The third-order valence-electron chi connectivity index (χ3n) is 7.54. The molecule has 1 nitrogen and oxygen atoms in total. The van der Waals surface area contributed by atoms with Gasteiger partial charge in [-0.25, -0.2) is 0 Å². The molecule has 1 heteroatoms. The molecule has 0 unspecified atom stereocenters. The van der Waals surface area contributed by atoms with E-state index in [1.54, 1.807) is 0 Å². The molecule has 35 heavy (non-hydrogen) atoms. The average Bonchev–Trinajstić information content (AvgIpc) is 2.90. The highest BCUT2D eigenvalue weighted by Crippen LogP contribution is 2.34. The van der Waals surface area contributed by atoms with Crippen LogP contribution in [0.4, 0.5) is 5.69 Å². The predicted molar refractivity (Wildman–Crippen MR) is 150 cm³/mol. The van der Waals surface area contributed by atoms with Crippen LogP contribution in [-0.4, -0.2) is 7.05 Å². The first-order chi connectivity index (χ1) is 17.1. The first-order valence-electron chi connectivity index (χ1n) is 12.7. The summed E-state index contributed by atoms with van der Waals surface area (Å²) >= 11 is 0. The van der Waals surface area contributed by atoms with Crippen molar-refractivity contribution in [1.82, 2.24) is 0 Å². The lowest BCUT2D eigenvalue weighted by Crippen LogP contribution is -2.17. The van der Waals surface area contributed by atoms with Gasteiger partial charge in [0.1, 0.15) is 0 Å². The summed E-state index contributed by atoms with van der Waals surface area (Å²) in [6.45, 7) is 2.13. The number of allylic oxidation sites excluding steroid dienone is 4. The van der Waals surface area contributed by atoms with Gasteiger partial charge in [-0.3, -0.25) is 0 Å². The number of hydrogen-bond acceptors (Lipinski definition) is 1. The monoisotopic (exact) mass is 453 g/mol. The van der Waals surface area contributed by atoms with Gasteiger partial charge in [0, 0.05) is 18.4 Å². The predicted octanol–water partition coefficient (Wildman–Crippen LogP) is 8.63. The van der Waals surface area contributed by atoms with E-state index in [0.717, 1.165) is 12.8 Å². The Hall–Kier alpha value is -3.84. The van der Waals surface area contributed by atoms with Crippen molar-refractivity contribution in [2.24, 2.45) is 0 Å². The second-order valence-electron chi connectivity index (χ2n) is 9.87. The SMILES string of the molecule is Cc1ccc(-c2cccc(C3=CCCC(N(C)c4cccc(-c5ccc6c(c5)CC6)c4)=C3)c2)cc1. The van der Waals surface area contributed by atoms with Crippen molar-refractivity contribution in [2.45, 2.75) is 32.6 Å². The maximum absolute atomic E-state index is 2.38. The van der Waals surface area contributed by atoms with Crippen LogP contribution in [0, 0.1) is 6.92 Å². The largest absolute Gasteiger partial charge is 0.348 e. The van der Waals surface area contributed by atoms with Crippen molar-refractivity contribution in [3.8, 4) is 22.3 Å². The third-order valence-corrected chi connectivity index (χ3v) is 7.54. The molecule has 0 amide bonds. The van der Waals surface area contributed by atoms with Gasteiger partial charge in [0.15, 0.2) is 0 Å². The second kappa shape index (κ2) is 9.07. The van der Waals surface area contributed by atoms with Gasteiger partial charge in [0.05, 0.1) is 0 Å². The van der Waals surface area contributed by atoms with Crippen LogP contribution in [0.1, 0.15) is 35.1 Å². The molecular weight excluding hydrogens is 422 g/mol. The molecular formula is C34H31N. The topological polar surface area (TPSA) is 3.24 Å². The normalized spacial score (nSPS) is 14.5. The number of rotatable bonds is 5. The number of aryl methyl sites for hydroxylation is 3. The molecule has 0 N–H and O–H groups in total. The first-order valence-corrected chi connectivity index (χ1v) is 12.7. The molecule has 0 aliphatic heterocycles. The van der Waals surface area contributed by atoms with E-state index in [2.05, 4.69) is 122 Å². The van der Waals surface area contributed by atoms with Crippen molar-refractivity contribution < 1.29 is 0 Å². The number of hydrogen-bond donors (Lipinski definition) is 0. The number of benzene rings is 4. The van der Waals surface area contributed by atoms with Crippen LogP contribution in [0.25, 0.3) is 27.8 Å². The molecule has 0 radical (unpaired) electrons. The summed E-state index contributed by atoms with van der Waals surface area (Å²) in [4.78, 5) is 2.36. The highest BCUT2D eigenvalue weighted by atomic mass is 15.1. The lowest BCUT2D eigenvalue weighted by Gasteiger charge is -2.26. The summed E-state index contributed by atoms with van der Waals surface area (Å²) in [6, 6.07) is 33.7. The molecule has 2 aliphatic carbocycles. The minimum Gasteiger partial charge on any atom is -0.348 e. The zero-order valence-electron chi connectivity index (χ0n) is 20.6. The van der Waals surface area contributed by atoms with Crippen molar-refractivity contribution in [3.05, 3.63) is 131 Å². The standard InChI is InChI=1S/C34H31N/c1-24-12-14-25(15-13-24)27-6-3-7-28(20-27)29-8-4-10-33(22-29)35(2)34-11-5-9-30(23-34)32-19-17-26-16-18-31(26)21-32/h3,5-9,11-15,17,19-23H,4,10,16,18H2,1-2H3. The molecule has 4 aromatic rings. The highest BCUT2D eigenvalue weighted by Gasteiger charge is 2.16. The van der Waals surface area contributed by atoms with Crippen LogP contribution in [0.2, 0.25) is 0 Å². The van der Waals surface area contributed by atoms with Gasteiger partial charge in [-0.05, 0) is 101 Å². The fraction of sp³-hybridized carbons (Fsp3) is 0.176. The Balaban J connectivity index is 1.27. The van der Waals surface area contributed by atoms with Crippen molar-refractivity contribution in [2.75, 3.05) is 11.9 Å². The van der Waals surface area contributed by atoms with E-state index in [1.165, 1.54) is 74.3 Å². The van der Waals surface area contributed by atoms with Gasteiger partial charge in [-0.2, -0.15) is 0 Å². The van der Waals surface area contributed by atoms with E-state index in [0.29, 0.717) is 0 Å². The van der Waals surface area contributed by atoms with Crippen LogP contribution < -0.4 is 4.90 Å². The van der Waals surface area contributed by atoms with Gasteiger partial charge in [-0.15, -0.1) is 0 Å². The number of anilines is 1. The van der Waals surface area contributed by atoms with Gasteiger partial charge in [0.2, 0.25) is 0 Å². The quantitative estimate of drug-likeness (QED) is 0.292. The Kier molecular flexibility index (Phi) is 5.62. The third kappa shape index (κ3) is 4.35. The van der Waals surface area contributed by atoms with Crippen LogP contribution in [0.15, 0.2) is 109 Å². The van der Waals surface area contributed by atoms with Crippen molar-refractivity contribution in [3.63, 3.8) is 0 Å². The average molecular weight is 454 g/mol. The Labute approximate surface area is 209 Å². The molecule has 4 aromatic carbocycles. The molecule has 172 valence electrons. The molecule has 0 aromatic heterocycles. The summed E-state index contributed by atoms with van der Waals surface area (Å²) in [6.07, 6.45) is 9.32. The molecule has 0 saturated heterocycles. The van der Waals surface area contributed by atoms with Crippen LogP contribution >= 0.6 is 0 Å². The Morgan fingerprint density at radius 3 is 2.06 bits per heavy atom. The molecule has 0 atom stereocenters. The molecule has 0 heterocycles. The summed E-state index contributed by atoms with van der Waals surface area (Å²) < 4.78 is 0. The van der Waals surface area contributed by atoms with E-state index in [1.807, 2.05) is 0 Å². The molecule has 0 fully saturated rings. The molecule has 6 rings (SSSR count). The molecule has 0 saturated carbocycles. The smallest absolute Gasteiger partial charge is 0.0411 e. The van der Waals surface area contributed by atoms with Crippen molar-refractivity contribution >= 4 is 11.3 Å². The molecule has 0 bridgehead atoms. The maximum atomic E-state index is 2.38. The lowest BCUT2D eigenvalue weighted by molar-refractivity contribution is 0.840. The fourth-order valence-corrected chi connectivity index (χ4v) is 5.21. The van der Waals surface area contributed by atoms with E-state index in [-0.39, 0.29) is 0 Å². The fourth-order valence-electron chi connectivity index (χ4n) is 5.21. The highest BCUT2D eigenvalue weighted by molar-refractivity contribution is 5.80. The van der Waals surface area contributed by atoms with Crippen LogP contribution in [0.5, 0.6) is 0 Å². The molecule has 0 spiro atoms. The Morgan fingerprint density at radius 1 is 0.600 bits per heavy atom. The van der Waals surface area contributed by atoms with E-state index in [9.17, 15) is 0 Å². The zero-order valence-corrected chi connectivity index (χ0v) is 20.6.